The molecule has 2 aliphatic rings. The Balaban J connectivity index is 1.48. The van der Waals surface area contributed by atoms with Gasteiger partial charge in [-0.1, -0.05) is 30.5 Å². The number of nitrogens with one attached hydrogen (secondary N) is 1. The molecule has 1 heterocycles. The van der Waals surface area contributed by atoms with E-state index in [2.05, 4.69) is 5.32 Å². The van der Waals surface area contributed by atoms with Crippen LogP contribution in [0.2, 0.25) is 0 Å². The molecule has 1 N–H and O–H groups in total. The number of carbonyl (C=O) groups is 3. The molecule has 2 fully saturated rings. The molecule has 134 valence electrons. The van der Waals surface area contributed by atoms with Crippen LogP contribution in [-0.4, -0.2) is 37.0 Å². The number of nitrogens with zero attached hydrogens (tertiary/aromatic N) is 1. The van der Waals surface area contributed by atoms with Crippen LogP contribution in [-0.2, 0) is 19.1 Å². The Labute approximate surface area is 147 Å². The van der Waals surface area contributed by atoms with E-state index in [-0.39, 0.29) is 30.9 Å². The second-order valence-corrected chi connectivity index (χ2v) is 6.90. The summed E-state index contributed by atoms with van der Waals surface area (Å²) in [6.07, 6.45) is 4.36. The molecule has 1 aromatic rings. The molecule has 0 aromatic heterocycles. The topological polar surface area (TPSA) is 75.7 Å². The van der Waals surface area contributed by atoms with Crippen LogP contribution in [0.5, 0.6) is 0 Å². The molecule has 25 heavy (non-hydrogen) atoms. The predicted octanol–water partition coefficient (Wildman–Crippen LogP) is 1.95. The summed E-state index contributed by atoms with van der Waals surface area (Å²) >= 11 is 0. The second kappa shape index (κ2) is 7.68. The van der Waals surface area contributed by atoms with Crippen LogP contribution in [0.4, 0.5) is 5.69 Å². The molecule has 3 rings (SSSR count). The van der Waals surface area contributed by atoms with Crippen molar-refractivity contribution in [2.75, 3.05) is 18.1 Å². The number of rotatable bonds is 5. The third-order valence-electron chi connectivity index (χ3n) is 4.87. The molecule has 1 saturated carbocycles. The van der Waals surface area contributed by atoms with Gasteiger partial charge in [0, 0.05) is 24.7 Å². The first-order chi connectivity index (χ1) is 12.0. The zero-order chi connectivity index (χ0) is 17.8. The van der Waals surface area contributed by atoms with E-state index in [1.165, 1.54) is 0 Å². The molecular formula is C19H24N2O4. The molecule has 0 unspecified atom stereocenters. The van der Waals surface area contributed by atoms with Gasteiger partial charge >= 0.3 is 5.97 Å². The van der Waals surface area contributed by atoms with Crippen LogP contribution in [0.3, 0.4) is 0 Å². The lowest BCUT2D eigenvalue weighted by atomic mass is 10.1. The van der Waals surface area contributed by atoms with Crippen molar-refractivity contribution in [1.29, 1.82) is 0 Å². The highest BCUT2D eigenvalue weighted by Crippen LogP contribution is 2.26. The minimum Gasteiger partial charge on any atom is -0.455 e. The van der Waals surface area contributed by atoms with Crippen LogP contribution in [0.15, 0.2) is 24.3 Å². The number of hydrogen-bond donors (Lipinski definition) is 1. The maximum atomic E-state index is 12.2. The van der Waals surface area contributed by atoms with Crippen molar-refractivity contribution in [3.8, 4) is 0 Å². The number of aryl methyl sites for hydroxylation is 1. The maximum absolute atomic E-state index is 12.2. The van der Waals surface area contributed by atoms with Gasteiger partial charge in [-0.05, 0) is 31.9 Å². The zero-order valence-electron chi connectivity index (χ0n) is 14.5. The Morgan fingerprint density at radius 1 is 1.20 bits per heavy atom. The summed E-state index contributed by atoms with van der Waals surface area (Å²) in [6, 6.07) is 7.81. The Bertz CT molecular complexity index is 650. The molecule has 1 aliphatic heterocycles. The van der Waals surface area contributed by atoms with Gasteiger partial charge in [-0.3, -0.25) is 14.4 Å². The highest BCUT2D eigenvalue weighted by molar-refractivity contribution is 5.99. The van der Waals surface area contributed by atoms with Gasteiger partial charge in [-0.15, -0.1) is 0 Å². The van der Waals surface area contributed by atoms with E-state index in [4.69, 9.17) is 4.74 Å². The highest BCUT2D eigenvalue weighted by Gasteiger charge is 2.36. The number of anilines is 1. The van der Waals surface area contributed by atoms with E-state index in [0.29, 0.717) is 6.54 Å². The zero-order valence-corrected chi connectivity index (χ0v) is 14.5. The van der Waals surface area contributed by atoms with Gasteiger partial charge in [-0.25, -0.2) is 0 Å². The number of benzene rings is 1. The van der Waals surface area contributed by atoms with Gasteiger partial charge < -0.3 is 15.0 Å². The Hall–Kier alpha value is -2.37. The van der Waals surface area contributed by atoms with Crippen LogP contribution >= 0.6 is 0 Å². The number of hydrogen-bond acceptors (Lipinski definition) is 4. The predicted molar refractivity (Wildman–Crippen MR) is 93.0 cm³/mol. The Kier molecular flexibility index (Phi) is 5.36. The van der Waals surface area contributed by atoms with Gasteiger partial charge in [-0.2, -0.15) is 0 Å². The average Bonchev–Trinajstić information content (AvgIpc) is 3.23. The van der Waals surface area contributed by atoms with E-state index in [1.807, 2.05) is 31.2 Å². The molecule has 1 saturated heterocycles. The number of amides is 2. The monoisotopic (exact) mass is 344 g/mol. The minimum atomic E-state index is -0.520. The fraction of sp³-hybridized carbons (Fsp3) is 0.526. The van der Waals surface area contributed by atoms with Crippen LogP contribution in [0.25, 0.3) is 0 Å². The van der Waals surface area contributed by atoms with Crippen LogP contribution in [0, 0.1) is 12.8 Å². The summed E-state index contributed by atoms with van der Waals surface area (Å²) in [5.74, 6) is -1.36. The van der Waals surface area contributed by atoms with E-state index in [0.717, 1.165) is 36.9 Å². The van der Waals surface area contributed by atoms with Gasteiger partial charge in [0.25, 0.3) is 5.91 Å². The maximum Gasteiger partial charge on any atom is 0.311 e. The summed E-state index contributed by atoms with van der Waals surface area (Å²) in [5.41, 5.74) is 1.89. The minimum absolute atomic E-state index is 0.0961. The lowest BCUT2D eigenvalue weighted by Gasteiger charge is -2.17. The molecule has 6 heteroatoms. The Morgan fingerprint density at radius 2 is 1.88 bits per heavy atom. The highest BCUT2D eigenvalue weighted by atomic mass is 16.5. The SMILES string of the molecule is Cc1ccc(N2C[C@H](C(=O)OCC(=O)NC3CCCC3)CC2=O)cc1. The summed E-state index contributed by atoms with van der Waals surface area (Å²) in [7, 11) is 0. The molecular weight excluding hydrogens is 320 g/mol. The lowest BCUT2D eigenvalue weighted by molar-refractivity contribution is -0.152. The number of carbonyl (C=O) groups excluding carboxylic acids is 3. The molecule has 1 atom stereocenters. The molecule has 0 radical (unpaired) electrons. The first-order valence-corrected chi connectivity index (χ1v) is 8.86. The van der Waals surface area contributed by atoms with Crippen LogP contribution < -0.4 is 10.2 Å². The summed E-state index contributed by atoms with van der Waals surface area (Å²) in [6.45, 7) is 2.00. The fourth-order valence-electron chi connectivity index (χ4n) is 3.43. The fourth-order valence-corrected chi connectivity index (χ4v) is 3.43. The van der Waals surface area contributed by atoms with E-state index in [1.54, 1.807) is 4.90 Å². The van der Waals surface area contributed by atoms with E-state index < -0.39 is 11.9 Å². The summed E-state index contributed by atoms with van der Waals surface area (Å²) in [4.78, 5) is 37.8. The number of esters is 1. The molecule has 1 aliphatic carbocycles. The first kappa shape index (κ1) is 17.5. The van der Waals surface area contributed by atoms with E-state index >= 15 is 0 Å². The van der Waals surface area contributed by atoms with Crippen molar-refractivity contribution < 1.29 is 19.1 Å². The molecule has 1 aromatic carbocycles. The first-order valence-electron chi connectivity index (χ1n) is 8.86. The third-order valence-corrected chi connectivity index (χ3v) is 4.87. The lowest BCUT2D eigenvalue weighted by Crippen LogP contribution is -2.36. The molecule has 0 bridgehead atoms. The van der Waals surface area contributed by atoms with Crippen molar-refractivity contribution in [3.63, 3.8) is 0 Å². The largest absolute Gasteiger partial charge is 0.455 e. The van der Waals surface area contributed by atoms with Gasteiger partial charge in [0.2, 0.25) is 5.91 Å². The van der Waals surface area contributed by atoms with Crippen molar-refractivity contribution in [2.24, 2.45) is 5.92 Å². The third kappa shape index (κ3) is 4.38. The van der Waals surface area contributed by atoms with Crippen LogP contribution in [0.1, 0.15) is 37.7 Å². The van der Waals surface area contributed by atoms with Crippen molar-refractivity contribution in [3.05, 3.63) is 29.8 Å². The van der Waals surface area contributed by atoms with Crippen molar-refractivity contribution in [2.45, 2.75) is 45.1 Å². The normalized spacial score (nSPS) is 20.8. The summed E-state index contributed by atoms with van der Waals surface area (Å²) in [5, 5.41) is 2.88. The standard InChI is InChI=1S/C19H24N2O4/c1-13-6-8-16(9-7-13)21-11-14(10-18(21)23)19(24)25-12-17(22)20-15-4-2-3-5-15/h6-9,14-15H,2-5,10-12H2,1H3,(H,20,22)/t14-/m1/s1. The van der Waals surface area contributed by atoms with Crippen molar-refractivity contribution >= 4 is 23.5 Å². The smallest absolute Gasteiger partial charge is 0.311 e. The van der Waals surface area contributed by atoms with Crippen molar-refractivity contribution in [1.82, 2.24) is 5.32 Å². The molecule has 6 nitrogen and oxygen atoms in total. The quantitative estimate of drug-likeness (QED) is 0.829. The van der Waals surface area contributed by atoms with Gasteiger partial charge in [0.05, 0.1) is 5.92 Å². The summed E-state index contributed by atoms with van der Waals surface area (Å²) < 4.78 is 5.12. The van der Waals surface area contributed by atoms with Gasteiger partial charge in [0.15, 0.2) is 6.61 Å². The molecule has 2 amide bonds. The average molecular weight is 344 g/mol. The molecule has 0 spiro atoms. The number of ether oxygens (including phenoxy) is 1. The second-order valence-electron chi connectivity index (χ2n) is 6.90. The Morgan fingerprint density at radius 3 is 2.56 bits per heavy atom. The van der Waals surface area contributed by atoms with E-state index in [9.17, 15) is 14.4 Å². The van der Waals surface area contributed by atoms with Gasteiger partial charge in [0.1, 0.15) is 0 Å².